The fraction of sp³-hybridized carbons (Fsp3) is 0.632. The van der Waals surface area contributed by atoms with Gasteiger partial charge in [-0.2, -0.15) is 0 Å². The van der Waals surface area contributed by atoms with Crippen LogP contribution in [0.15, 0.2) is 24.3 Å². The third-order valence-corrected chi connectivity index (χ3v) is 4.96. The zero-order valence-electron chi connectivity index (χ0n) is 13.9. The molecule has 0 spiro atoms. The van der Waals surface area contributed by atoms with Gasteiger partial charge in [0.05, 0.1) is 5.41 Å². The molecule has 0 N–H and O–H groups in total. The van der Waals surface area contributed by atoms with Gasteiger partial charge >= 0.3 is 5.97 Å². The molecule has 116 valence electrons. The van der Waals surface area contributed by atoms with Crippen molar-refractivity contribution >= 4 is 5.97 Å². The molecule has 1 aliphatic rings. The van der Waals surface area contributed by atoms with E-state index in [-0.39, 0.29) is 5.97 Å². The number of aryl methyl sites for hydroxylation is 1. The van der Waals surface area contributed by atoms with Gasteiger partial charge in [0, 0.05) is 0 Å². The van der Waals surface area contributed by atoms with E-state index in [1.165, 1.54) is 12.0 Å². The lowest BCUT2D eigenvalue weighted by Gasteiger charge is -2.39. The Balaban J connectivity index is 2.29. The van der Waals surface area contributed by atoms with E-state index in [0.29, 0.717) is 0 Å². The molecule has 0 heterocycles. The molecule has 2 nitrogen and oxygen atoms in total. The maximum Gasteiger partial charge on any atom is 0.312 e. The van der Waals surface area contributed by atoms with Crippen LogP contribution in [-0.4, -0.2) is 5.97 Å². The predicted molar refractivity (Wildman–Crippen MR) is 86.1 cm³/mol. The van der Waals surface area contributed by atoms with Gasteiger partial charge < -0.3 is 4.74 Å². The van der Waals surface area contributed by atoms with E-state index in [9.17, 15) is 4.79 Å². The number of carbonyl (C=O) groups excluding carboxylic acids is 1. The van der Waals surface area contributed by atoms with E-state index in [1.807, 2.05) is 20.8 Å². The van der Waals surface area contributed by atoms with Crippen LogP contribution in [0.5, 0.6) is 0 Å². The Morgan fingerprint density at radius 1 is 1.14 bits per heavy atom. The van der Waals surface area contributed by atoms with Gasteiger partial charge in [-0.3, -0.25) is 4.79 Å². The molecule has 0 radical (unpaired) electrons. The molecule has 0 atom stereocenters. The monoisotopic (exact) mass is 288 g/mol. The van der Waals surface area contributed by atoms with Crippen molar-refractivity contribution in [3.05, 3.63) is 35.4 Å². The molecule has 0 saturated heterocycles. The van der Waals surface area contributed by atoms with Gasteiger partial charge in [0.1, 0.15) is 5.60 Å². The molecule has 0 aromatic heterocycles. The lowest BCUT2D eigenvalue weighted by molar-refractivity contribution is -0.176. The van der Waals surface area contributed by atoms with Crippen LogP contribution in [0.4, 0.5) is 0 Å². The lowest BCUT2D eigenvalue weighted by Crippen LogP contribution is -2.39. The smallest absolute Gasteiger partial charge is 0.312 e. The average molecular weight is 288 g/mol. The van der Waals surface area contributed by atoms with Crippen molar-refractivity contribution in [1.29, 1.82) is 0 Å². The minimum atomic E-state index is -0.408. The second-order valence-electron chi connectivity index (χ2n) is 7.05. The van der Waals surface area contributed by atoms with Crippen molar-refractivity contribution in [2.45, 2.75) is 71.8 Å². The van der Waals surface area contributed by atoms with Crippen molar-refractivity contribution in [2.75, 3.05) is 0 Å². The third kappa shape index (κ3) is 3.48. The number of carbonyl (C=O) groups is 1. The zero-order valence-corrected chi connectivity index (χ0v) is 13.9. The Bertz CT molecular complexity index is 479. The van der Waals surface area contributed by atoms with Crippen LogP contribution in [0, 0.1) is 12.3 Å². The number of rotatable bonds is 4. The summed E-state index contributed by atoms with van der Waals surface area (Å²) < 4.78 is 6.12. The Morgan fingerprint density at radius 3 is 2.24 bits per heavy atom. The van der Waals surface area contributed by atoms with Crippen LogP contribution < -0.4 is 0 Å². The molecular formula is C19H28O2. The average Bonchev–Trinajstić information content (AvgIpc) is 2.48. The number of ether oxygens (including phenoxy) is 1. The van der Waals surface area contributed by atoms with Gasteiger partial charge in [0.2, 0.25) is 0 Å². The minimum Gasteiger partial charge on any atom is -0.454 e. The summed E-state index contributed by atoms with van der Waals surface area (Å²) in [6, 6.07) is 8.49. The van der Waals surface area contributed by atoms with Crippen LogP contribution in [0.2, 0.25) is 0 Å². The Hall–Kier alpha value is -1.31. The van der Waals surface area contributed by atoms with Crippen molar-refractivity contribution in [2.24, 2.45) is 5.41 Å². The summed E-state index contributed by atoms with van der Waals surface area (Å²) in [5.74, 6) is -0.0625. The first kappa shape index (κ1) is 16.1. The molecule has 2 heteroatoms. The van der Waals surface area contributed by atoms with Crippen molar-refractivity contribution in [3.63, 3.8) is 0 Å². The second kappa shape index (κ2) is 6.21. The van der Waals surface area contributed by atoms with Crippen molar-refractivity contribution in [3.8, 4) is 0 Å². The number of hydrogen-bond donors (Lipinski definition) is 0. The molecule has 1 aromatic rings. The van der Waals surface area contributed by atoms with Gasteiger partial charge in [-0.15, -0.1) is 0 Å². The highest BCUT2D eigenvalue weighted by molar-refractivity contribution is 5.76. The first-order valence-electron chi connectivity index (χ1n) is 8.20. The Kier molecular flexibility index (Phi) is 4.75. The maximum absolute atomic E-state index is 12.6. The summed E-state index contributed by atoms with van der Waals surface area (Å²) in [6.07, 6.45) is 6.20. The van der Waals surface area contributed by atoms with Crippen LogP contribution >= 0.6 is 0 Å². The van der Waals surface area contributed by atoms with E-state index in [0.717, 1.165) is 37.7 Å². The quantitative estimate of drug-likeness (QED) is 0.718. The number of esters is 1. The molecule has 1 saturated carbocycles. The van der Waals surface area contributed by atoms with E-state index >= 15 is 0 Å². The molecule has 0 bridgehead atoms. The van der Waals surface area contributed by atoms with Gasteiger partial charge in [0.15, 0.2) is 0 Å². The summed E-state index contributed by atoms with van der Waals surface area (Å²) >= 11 is 0. The summed E-state index contributed by atoms with van der Waals surface area (Å²) in [7, 11) is 0. The number of benzene rings is 1. The third-order valence-electron chi connectivity index (χ3n) is 4.96. The van der Waals surface area contributed by atoms with E-state index in [1.54, 1.807) is 0 Å². The lowest BCUT2D eigenvalue weighted by atomic mass is 9.78. The van der Waals surface area contributed by atoms with E-state index < -0.39 is 11.0 Å². The molecule has 0 unspecified atom stereocenters. The van der Waals surface area contributed by atoms with Gasteiger partial charge in [-0.05, 0) is 58.4 Å². The van der Waals surface area contributed by atoms with Crippen LogP contribution in [0.3, 0.4) is 0 Å². The summed E-state index contributed by atoms with van der Waals surface area (Å²) in [5, 5.41) is 0. The maximum atomic E-state index is 12.6. The Labute approximate surface area is 128 Å². The summed E-state index contributed by atoms with van der Waals surface area (Å²) in [5.41, 5.74) is 1.59. The summed E-state index contributed by atoms with van der Waals surface area (Å²) in [6.45, 7) is 8.08. The van der Waals surface area contributed by atoms with Gasteiger partial charge in [-0.25, -0.2) is 0 Å². The van der Waals surface area contributed by atoms with Crippen LogP contribution in [0.1, 0.15) is 70.4 Å². The highest BCUT2D eigenvalue weighted by Gasteiger charge is 2.41. The standard InChI is InChI=1S/C19H28O2/c1-5-18(3,4)17(20)21-19(13-7-6-8-14-19)16-11-9-15(2)10-12-16/h9-12H,5-8,13-14H2,1-4H3. The largest absolute Gasteiger partial charge is 0.454 e. The SMILES string of the molecule is CCC(C)(C)C(=O)OC1(c2ccc(C)cc2)CCCCC1. The topological polar surface area (TPSA) is 26.3 Å². The molecule has 0 aliphatic heterocycles. The molecule has 1 aromatic carbocycles. The van der Waals surface area contributed by atoms with Crippen LogP contribution in [-0.2, 0) is 15.1 Å². The highest BCUT2D eigenvalue weighted by Crippen LogP contribution is 2.42. The highest BCUT2D eigenvalue weighted by atomic mass is 16.6. The van der Waals surface area contributed by atoms with Crippen molar-refractivity contribution < 1.29 is 9.53 Å². The fourth-order valence-electron chi connectivity index (χ4n) is 2.89. The number of hydrogen-bond acceptors (Lipinski definition) is 2. The molecule has 21 heavy (non-hydrogen) atoms. The fourth-order valence-corrected chi connectivity index (χ4v) is 2.89. The first-order valence-corrected chi connectivity index (χ1v) is 8.20. The Morgan fingerprint density at radius 2 is 1.71 bits per heavy atom. The normalized spacial score (nSPS) is 18.3. The molecule has 2 rings (SSSR count). The van der Waals surface area contributed by atoms with Crippen LogP contribution in [0.25, 0.3) is 0 Å². The molecule has 0 amide bonds. The van der Waals surface area contributed by atoms with E-state index in [4.69, 9.17) is 4.74 Å². The van der Waals surface area contributed by atoms with E-state index in [2.05, 4.69) is 31.2 Å². The molecule has 1 aliphatic carbocycles. The van der Waals surface area contributed by atoms with Gasteiger partial charge in [0.25, 0.3) is 0 Å². The predicted octanol–water partition coefficient (Wildman–Crippen LogP) is 5.13. The molecule has 1 fully saturated rings. The second-order valence-corrected chi connectivity index (χ2v) is 7.05. The molecular weight excluding hydrogens is 260 g/mol. The zero-order chi connectivity index (χ0) is 15.5. The summed E-state index contributed by atoms with van der Waals surface area (Å²) in [4.78, 5) is 12.6. The minimum absolute atomic E-state index is 0.0625. The van der Waals surface area contributed by atoms with Crippen molar-refractivity contribution in [1.82, 2.24) is 0 Å². The first-order chi connectivity index (χ1) is 9.89. The van der Waals surface area contributed by atoms with Gasteiger partial charge in [-0.1, -0.05) is 43.2 Å².